The zero-order valence-electron chi connectivity index (χ0n) is 9.71. The van der Waals surface area contributed by atoms with Crippen LogP contribution in [0.3, 0.4) is 0 Å². The van der Waals surface area contributed by atoms with E-state index in [1.54, 1.807) is 11.3 Å². The van der Waals surface area contributed by atoms with Gasteiger partial charge < -0.3 is 0 Å². The molecule has 3 nitrogen and oxygen atoms in total. The van der Waals surface area contributed by atoms with E-state index in [1.807, 2.05) is 24.5 Å². The number of hydrogen-bond acceptors (Lipinski definition) is 4. The summed E-state index contributed by atoms with van der Waals surface area (Å²) in [6, 6.07) is 10.3. The fourth-order valence-electron chi connectivity index (χ4n) is 2.17. The number of nitrogens with one attached hydrogen (secondary N) is 1. The topological polar surface area (TPSA) is 50.9 Å². The highest BCUT2D eigenvalue weighted by atomic mass is 32.1. The lowest BCUT2D eigenvalue weighted by atomic mass is 9.98. The Labute approximate surface area is 109 Å². The predicted molar refractivity (Wildman–Crippen MR) is 75.2 cm³/mol. The molecule has 2 heterocycles. The molecule has 90 valence electrons. The van der Waals surface area contributed by atoms with Crippen molar-refractivity contribution in [1.82, 2.24) is 10.4 Å². The molecule has 0 amide bonds. The zero-order valence-corrected chi connectivity index (χ0v) is 10.5. The first-order valence-electron chi connectivity index (χ1n) is 5.71. The summed E-state index contributed by atoms with van der Waals surface area (Å²) in [5, 5.41) is 6.47. The van der Waals surface area contributed by atoms with Crippen LogP contribution in [0.4, 0.5) is 0 Å². The van der Waals surface area contributed by atoms with Gasteiger partial charge in [-0.05, 0) is 27.8 Å². The van der Waals surface area contributed by atoms with Gasteiger partial charge in [0.25, 0.3) is 0 Å². The summed E-state index contributed by atoms with van der Waals surface area (Å²) >= 11 is 1.67. The van der Waals surface area contributed by atoms with Gasteiger partial charge in [-0.3, -0.25) is 10.8 Å². The Hall–Kier alpha value is -1.75. The Balaban J connectivity index is 2.18. The summed E-state index contributed by atoms with van der Waals surface area (Å²) in [6.07, 6.45) is 3.75. The van der Waals surface area contributed by atoms with E-state index in [4.69, 9.17) is 5.84 Å². The van der Waals surface area contributed by atoms with E-state index < -0.39 is 0 Å². The monoisotopic (exact) mass is 255 g/mol. The van der Waals surface area contributed by atoms with E-state index in [0.717, 1.165) is 10.9 Å². The van der Waals surface area contributed by atoms with Crippen molar-refractivity contribution in [2.75, 3.05) is 0 Å². The maximum absolute atomic E-state index is 5.71. The highest BCUT2D eigenvalue weighted by Gasteiger charge is 2.15. The standard InChI is InChI=1S/C14H13N3S/c15-17-14(11-5-6-18-9-11)13-8-16-7-10-3-1-2-4-12(10)13/h1-9,14,17H,15H2. The number of thiophene rings is 1. The molecule has 0 aliphatic heterocycles. The Bertz CT molecular complexity index is 644. The third kappa shape index (κ3) is 1.90. The second-order valence-electron chi connectivity index (χ2n) is 4.11. The molecule has 3 rings (SSSR count). The number of nitrogens with zero attached hydrogens (tertiary/aromatic N) is 1. The fourth-order valence-corrected chi connectivity index (χ4v) is 2.86. The molecule has 2 aromatic heterocycles. The van der Waals surface area contributed by atoms with Gasteiger partial charge >= 0.3 is 0 Å². The van der Waals surface area contributed by atoms with Crippen LogP contribution in [0.5, 0.6) is 0 Å². The van der Waals surface area contributed by atoms with Crippen LogP contribution in [0.2, 0.25) is 0 Å². The van der Waals surface area contributed by atoms with Crippen LogP contribution in [-0.4, -0.2) is 4.98 Å². The van der Waals surface area contributed by atoms with E-state index >= 15 is 0 Å². The molecule has 0 radical (unpaired) electrons. The first kappa shape index (κ1) is 11.3. The second kappa shape index (κ2) is 4.86. The SMILES string of the molecule is NNC(c1ccsc1)c1cncc2ccccc12. The molecule has 1 unspecified atom stereocenters. The molecule has 1 aromatic carbocycles. The lowest BCUT2D eigenvalue weighted by Crippen LogP contribution is -2.28. The molecule has 0 aliphatic rings. The third-order valence-corrected chi connectivity index (χ3v) is 3.75. The van der Waals surface area contributed by atoms with Gasteiger partial charge in [0.15, 0.2) is 0 Å². The normalized spacial score (nSPS) is 12.7. The highest BCUT2D eigenvalue weighted by molar-refractivity contribution is 7.08. The molecule has 3 aromatic rings. The summed E-state index contributed by atoms with van der Waals surface area (Å²) in [5.74, 6) is 5.71. The first-order chi connectivity index (χ1) is 8.90. The Morgan fingerprint density at radius 3 is 2.83 bits per heavy atom. The molecule has 18 heavy (non-hydrogen) atoms. The van der Waals surface area contributed by atoms with Crippen LogP contribution in [0.25, 0.3) is 10.8 Å². The minimum Gasteiger partial charge on any atom is -0.271 e. The summed E-state index contributed by atoms with van der Waals surface area (Å²) in [4.78, 5) is 4.30. The van der Waals surface area contributed by atoms with Crippen molar-refractivity contribution in [3.05, 3.63) is 64.6 Å². The smallest absolute Gasteiger partial charge is 0.0739 e. The van der Waals surface area contributed by atoms with Crippen LogP contribution in [0.15, 0.2) is 53.5 Å². The minimum absolute atomic E-state index is 0.0187. The van der Waals surface area contributed by atoms with Crippen molar-refractivity contribution in [2.45, 2.75) is 6.04 Å². The highest BCUT2D eigenvalue weighted by Crippen LogP contribution is 2.28. The van der Waals surface area contributed by atoms with Crippen molar-refractivity contribution < 1.29 is 0 Å². The van der Waals surface area contributed by atoms with Gasteiger partial charge in [0.2, 0.25) is 0 Å². The van der Waals surface area contributed by atoms with Crippen LogP contribution in [0, 0.1) is 0 Å². The largest absolute Gasteiger partial charge is 0.271 e. The van der Waals surface area contributed by atoms with Gasteiger partial charge in [-0.15, -0.1) is 0 Å². The first-order valence-corrected chi connectivity index (χ1v) is 6.65. The van der Waals surface area contributed by atoms with E-state index in [1.165, 1.54) is 10.9 Å². The molecular weight excluding hydrogens is 242 g/mol. The van der Waals surface area contributed by atoms with Crippen LogP contribution >= 0.6 is 11.3 Å². The number of hydrogen-bond donors (Lipinski definition) is 2. The number of aromatic nitrogens is 1. The molecule has 0 spiro atoms. The second-order valence-corrected chi connectivity index (χ2v) is 4.89. The predicted octanol–water partition coefficient (Wildman–Crippen LogP) is 2.85. The maximum Gasteiger partial charge on any atom is 0.0739 e. The molecule has 3 N–H and O–H groups in total. The quantitative estimate of drug-likeness (QED) is 0.559. The summed E-state index contributed by atoms with van der Waals surface area (Å²) < 4.78 is 0. The molecule has 4 heteroatoms. The Morgan fingerprint density at radius 1 is 1.17 bits per heavy atom. The maximum atomic E-state index is 5.71. The number of benzene rings is 1. The van der Waals surface area contributed by atoms with Gasteiger partial charge in [0, 0.05) is 23.3 Å². The lowest BCUT2D eigenvalue weighted by Gasteiger charge is -2.16. The van der Waals surface area contributed by atoms with Crippen LogP contribution < -0.4 is 11.3 Å². The number of fused-ring (bicyclic) bond motifs is 1. The van der Waals surface area contributed by atoms with Crippen molar-refractivity contribution in [3.63, 3.8) is 0 Å². The minimum atomic E-state index is -0.0187. The van der Waals surface area contributed by atoms with E-state index in [2.05, 4.69) is 39.4 Å². The summed E-state index contributed by atoms with van der Waals surface area (Å²) in [5.41, 5.74) is 5.15. The zero-order chi connectivity index (χ0) is 12.4. The number of rotatable bonds is 3. The van der Waals surface area contributed by atoms with Crippen LogP contribution in [0.1, 0.15) is 17.2 Å². The summed E-state index contributed by atoms with van der Waals surface area (Å²) in [6.45, 7) is 0. The molecule has 0 bridgehead atoms. The van der Waals surface area contributed by atoms with Gasteiger partial charge in [0.1, 0.15) is 0 Å². The number of nitrogens with two attached hydrogens (primary N) is 1. The molecule has 0 aliphatic carbocycles. The van der Waals surface area contributed by atoms with Gasteiger partial charge in [0.05, 0.1) is 6.04 Å². The molecule has 1 atom stereocenters. The molecule has 0 saturated heterocycles. The van der Waals surface area contributed by atoms with Crippen LogP contribution in [-0.2, 0) is 0 Å². The molecular formula is C14H13N3S. The van der Waals surface area contributed by atoms with Crippen molar-refractivity contribution in [2.24, 2.45) is 5.84 Å². The third-order valence-electron chi connectivity index (χ3n) is 3.05. The van der Waals surface area contributed by atoms with Gasteiger partial charge in [-0.1, -0.05) is 24.3 Å². The van der Waals surface area contributed by atoms with E-state index in [9.17, 15) is 0 Å². The van der Waals surface area contributed by atoms with Crippen molar-refractivity contribution in [3.8, 4) is 0 Å². The molecule has 0 fully saturated rings. The van der Waals surface area contributed by atoms with Crippen molar-refractivity contribution >= 4 is 22.1 Å². The fraction of sp³-hybridized carbons (Fsp3) is 0.0714. The average molecular weight is 255 g/mol. The summed E-state index contributed by atoms with van der Waals surface area (Å²) in [7, 11) is 0. The van der Waals surface area contributed by atoms with Crippen molar-refractivity contribution in [1.29, 1.82) is 0 Å². The van der Waals surface area contributed by atoms with E-state index in [-0.39, 0.29) is 6.04 Å². The van der Waals surface area contributed by atoms with E-state index in [0.29, 0.717) is 0 Å². The lowest BCUT2D eigenvalue weighted by molar-refractivity contribution is 0.641. The Kier molecular flexibility index (Phi) is 3.06. The average Bonchev–Trinajstić information content (AvgIpc) is 2.94. The number of pyridine rings is 1. The van der Waals surface area contributed by atoms with Gasteiger partial charge in [-0.2, -0.15) is 11.3 Å². The number of hydrazine groups is 1. The Morgan fingerprint density at radius 2 is 2.06 bits per heavy atom. The van der Waals surface area contributed by atoms with Gasteiger partial charge in [-0.25, -0.2) is 5.43 Å². The molecule has 0 saturated carbocycles.